The van der Waals surface area contributed by atoms with Crippen LogP contribution in [0.1, 0.15) is 22.8 Å². The Balaban J connectivity index is 3.31. The first-order valence-electron chi connectivity index (χ1n) is 5.17. The predicted octanol–water partition coefficient (Wildman–Crippen LogP) is 1.90. The third kappa shape index (κ3) is 2.93. The first-order chi connectivity index (χ1) is 8.13. The molecule has 90 valence electrons. The van der Waals surface area contributed by atoms with Crippen LogP contribution in [0.15, 0.2) is 29.3 Å². The Morgan fingerprint density at radius 2 is 2.18 bits per heavy atom. The standard InChI is InChI=1S/C13H16N2O2/c1-9(15-2)7-12(14)11-6-4-5-10(8-16)13(11)17-3/h4-8H,14H2,1-3H3/b12-7-,15-9?. The van der Waals surface area contributed by atoms with Crippen molar-refractivity contribution in [2.24, 2.45) is 10.7 Å². The SMILES string of the molecule is CN=C(C)/C=C(\N)c1cccc(C=O)c1OC. The van der Waals surface area contributed by atoms with Gasteiger partial charge in [0.05, 0.1) is 12.7 Å². The van der Waals surface area contributed by atoms with Crippen LogP contribution in [-0.2, 0) is 0 Å². The Morgan fingerprint density at radius 3 is 2.71 bits per heavy atom. The largest absolute Gasteiger partial charge is 0.495 e. The minimum absolute atomic E-state index is 0.479. The second-order valence-electron chi connectivity index (χ2n) is 3.51. The van der Waals surface area contributed by atoms with Crippen molar-refractivity contribution in [1.82, 2.24) is 0 Å². The number of ether oxygens (including phenoxy) is 1. The lowest BCUT2D eigenvalue weighted by Gasteiger charge is -2.10. The summed E-state index contributed by atoms with van der Waals surface area (Å²) in [5.41, 5.74) is 8.46. The van der Waals surface area contributed by atoms with E-state index < -0.39 is 0 Å². The van der Waals surface area contributed by atoms with Crippen LogP contribution in [0.2, 0.25) is 0 Å². The molecular weight excluding hydrogens is 216 g/mol. The van der Waals surface area contributed by atoms with Crippen molar-refractivity contribution < 1.29 is 9.53 Å². The summed E-state index contributed by atoms with van der Waals surface area (Å²) in [7, 11) is 3.21. The van der Waals surface area contributed by atoms with Crippen LogP contribution < -0.4 is 10.5 Å². The summed E-state index contributed by atoms with van der Waals surface area (Å²) in [6.07, 6.45) is 2.49. The van der Waals surface area contributed by atoms with Crippen molar-refractivity contribution in [3.8, 4) is 5.75 Å². The zero-order chi connectivity index (χ0) is 12.8. The quantitative estimate of drug-likeness (QED) is 0.637. The van der Waals surface area contributed by atoms with Gasteiger partial charge < -0.3 is 10.5 Å². The first-order valence-corrected chi connectivity index (χ1v) is 5.17. The third-order valence-electron chi connectivity index (χ3n) is 2.40. The van der Waals surface area contributed by atoms with E-state index in [4.69, 9.17) is 10.5 Å². The van der Waals surface area contributed by atoms with Crippen molar-refractivity contribution in [3.63, 3.8) is 0 Å². The minimum atomic E-state index is 0.479. The fraction of sp³-hybridized carbons (Fsp3) is 0.231. The predicted molar refractivity (Wildman–Crippen MR) is 69.6 cm³/mol. The highest BCUT2D eigenvalue weighted by Gasteiger charge is 2.10. The maximum atomic E-state index is 10.9. The van der Waals surface area contributed by atoms with Crippen LogP contribution in [-0.4, -0.2) is 26.2 Å². The Hall–Kier alpha value is -2.10. The van der Waals surface area contributed by atoms with E-state index in [0.29, 0.717) is 22.6 Å². The van der Waals surface area contributed by atoms with Gasteiger partial charge in [0.1, 0.15) is 5.75 Å². The highest BCUT2D eigenvalue weighted by Crippen LogP contribution is 2.26. The number of carbonyl (C=O) groups is 1. The normalized spacial score (nSPS) is 12.4. The summed E-state index contributed by atoms with van der Waals surface area (Å²) in [5, 5.41) is 0. The molecule has 0 atom stereocenters. The molecule has 4 nitrogen and oxygen atoms in total. The molecule has 0 saturated heterocycles. The fourth-order valence-electron chi connectivity index (χ4n) is 1.47. The summed E-state index contributed by atoms with van der Waals surface area (Å²) in [6.45, 7) is 1.85. The summed E-state index contributed by atoms with van der Waals surface area (Å²) in [5.74, 6) is 0.486. The molecule has 0 fully saturated rings. The molecule has 1 aromatic carbocycles. The van der Waals surface area contributed by atoms with Gasteiger partial charge >= 0.3 is 0 Å². The van der Waals surface area contributed by atoms with Crippen LogP contribution in [0.5, 0.6) is 5.75 Å². The van der Waals surface area contributed by atoms with Crippen LogP contribution in [0.3, 0.4) is 0 Å². The summed E-state index contributed by atoms with van der Waals surface area (Å²) < 4.78 is 5.21. The molecule has 0 spiro atoms. The molecule has 0 aliphatic rings. The molecule has 0 saturated carbocycles. The molecule has 2 N–H and O–H groups in total. The number of aliphatic imine (C=N–C) groups is 1. The van der Waals surface area contributed by atoms with Crippen molar-refractivity contribution in [2.75, 3.05) is 14.2 Å². The fourth-order valence-corrected chi connectivity index (χ4v) is 1.47. The average molecular weight is 232 g/mol. The summed E-state index contributed by atoms with van der Waals surface area (Å²) in [4.78, 5) is 14.9. The number of para-hydroxylation sites is 1. The molecule has 4 heteroatoms. The zero-order valence-electron chi connectivity index (χ0n) is 10.2. The highest BCUT2D eigenvalue weighted by molar-refractivity contribution is 5.99. The van der Waals surface area contributed by atoms with E-state index in [-0.39, 0.29) is 0 Å². The Labute approximate surface area is 101 Å². The topological polar surface area (TPSA) is 64.7 Å². The first kappa shape index (κ1) is 13.0. The maximum absolute atomic E-state index is 10.9. The number of carbonyl (C=O) groups excluding carboxylic acids is 1. The number of nitrogens with zero attached hydrogens (tertiary/aromatic N) is 1. The molecule has 0 radical (unpaired) electrons. The second kappa shape index (κ2) is 5.84. The van der Waals surface area contributed by atoms with Gasteiger partial charge in [0.25, 0.3) is 0 Å². The number of allylic oxidation sites excluding steroid dienone is 1. The molecule has 0 aliphatic heterocycles. The monoisotopic (exact) mass is 232 g/mol. The molecule has 17 heavy (non-hydrogen) atoms. The number of methoxy groups -OCH3 is 1. The smallest absolute Gasteiger partial charge is 0.153 e. The number of rotatable bonds is 4. The van der Waals surface area contributed by atoms with E-state index >= 15 is 0 Å². The van der Waals surface area contributed by atoms with Crippen LogP contribution in [0.25, 0.3) is 5.70 Å². The summed E-state index contributed by atoms with van der Waals surface area (Å²) >= 11 is 0. The van der Waals surface area contributed by atoms with Crippen molar-refractivity contribution >= 4 is 17.7 Å². The van der Waals surface area contributed by atoms with E-state index in [1.54, 1.807) is 31.3 Å². The van der Waals surface area contributed by atoms with Gasteiger partial charge in [-0.25, -0.2) is 0 Å². The number of aldehydes is 1. The molecule has 0 bridgehead atoms. The van der Waals surface area contributed by atoms with E-state index in [2.05, 4.69) is 4.99 Å². The van der Waals surface area contributed by atoms with Gasteiger partial charge in [-0.2, -0.15) is 0 Å². The lowest BCUT2D eigenvalue weighted by molar-refractivity contribution is 0.112. The number of nitrogens with two attached hydrogens (primary N) is 1. The molecule has 1 rings (SSSR count). The zero-order valence-corrected chi connectivity index (χ0v) is 10.2. The Morgan fingerprint density at radius 1 is 1.47 bits per heavy atom. The highest BCUT2D eigenvalue weighted by atomic mass is 16.5. The lowest BCUT2D eigenvalue weighted by Crippen LogP contribution is -2.03. The van der Waals surface area contributed by atoms with E-state index in [1.165, 1.54) is 7.11 Å². The number of hydrogen-bond donors (Lipinski definition) is 1. The maximum Gasteiger partial charge on any atom is 0.153 e. The van der Waals surface area contributed by atoms with Gasteiger partial charge in [-0.15, -0.1) is 0 Å². The van der Waals surface area contributed by atoms with Gasteiger partial charge in [0.2, 0.25) is 0 Å². The molecule has 1 aromatic rings. The van der Waals surface area contributed by atoms with Crippen LogP contribution in [0, 0.1) is 0 Å². The van der Waals surface area contributed by atoms with E-state index in [0.717, 1.165) is 12.0 Å². The average Bonchev–Trinajstić information content (AvgIpc) is 2.37. The number of hydrogen-bond acceptors (Lipinski definition) is 4. The van der Waals surface area contributed by atoms with E-state index in [1.807, 2.05) is 6.92 Å². The summed E-state index contributed by atoms with van der Waals surface area (Å²) in [6, 6.07) is 5.25. The van der Waals surface area contributed by atoms with Gasteiger partial charge in [0, 0.05) is 24.0 Å². The molecule has 0 aliphatic carbocycles. The van der Waals surface area contributed by atoms with Crippen molar-refractivity contribution in [2.45, 2.75) is 6.92 Å². The van der Waals surface area contributed by atoms with Crippen LogP contribution in [0.4, 0.5) is 0 Å². The molecule has 0 aromatic heterocycles. The minimum Gasteiger partial charge on any atom is -0.495 e. The van der Waals surface area contributed by atoms with Crippen molar-refractivity contribution in [3.05, 3.63) is 35.4 Å². The molecular formula is C13H16N2O2. The third-order valence-corrected chi connectivity index (χ3v) is 2.40. The second-order valence-corrected chi connectivity index (χ2v) is 3.51. The molecule has 0 heterocycles. The van der Waals surface area contributed by atoms with Crippen molar-refractivity contribution in [1.29, 1.82) is 0 Å². The van der Waals surface area contributed by atoms with Gasteiger partial charge in [0.15, 0.2) is 6.29 Å². The Kier molecular flexibility index (Phi) is 4.46. The van der Waals surface area contributed by atoms with Gasteiger partial charge in [-0.3, -0.25) is 9.79 Å². The van der Waals surface area contributed by atoms with E-state index in [9.17, 15) is 4.79 Å². The van der Waals surface area contributed by atoms with Gasteiger partial charge in [-0.1, -0.05) is 6.07 Å². The van der Waals surface area contributed by atoms with Gasteiger partial charge in [-0.05, 0) is 25.1 Å². The molecule has 0 unspecified atom stereocenters. The Bertz CT molecular complexity index is 476. The van der Waals surface area contributed by atoms with Crippen LogP contribution >= 0.6 is 0 Å². The lowest BCUT2D eigenvalue weighted by atomic mass is 10.1. The number of benzene rings is 1. The molecule has 0 amide bonds.